The number of nitrogens with zero attached hydrogens (tertiary/aromatic N) is 10. The maximum absolute atomic E-state index is 11.3. The summed E-state index contributed by atoms with van der Waals surface area (Å²) in [5.41, 5.74) is 36.0. The van der Waals surface area contributed by atoms with Crippen molar-refractivity contribution in [1.29, 1.82) is 0 Å². The van der Waals surface area contributed by atoms with E-state index in [2.05, 4.69) is 142 Å². The largest absolute Gasteiger partial charge is 0.497 e. The van der Waals surface area contributed by atoms with Gasteiger partial charge in [0.05, 0.1) is 82.0 Å². The summed E-state index contributed by atoms with van der Waals surface area (Å²) in [7, 11) is 9.48. The molecule has 0 radical (unpaired) electrons. The van der Waals surface area contributed by atoms with Crippen LogP contribution in [0.25, 0.3) is 91.1 Å². The van der Waals surface area contributed by atoms with Crippen LogP contribution in [0.4, 0.5) is 0 Å². The molecule has 0 bridgehead atoms. The number of nitrogens with one attached hydrogen (secondary N) is 6. The van der Waals surface area contributed by atoms with Crippen LogP contribution in [-0.2, 0) is 102 Å². The predicted molar refractivity (Wildman–Crippen MR) is 550 cm³/mol. The van der Waals surface area contributed by atoms with Crippen molar-refractivity contribution in [1.82, 2.24) is 80.5 Å². The first kappa shape index (κ1) is 105. The summed E-state index contributed by atoms with van der Waals surface area (Å²) in [6.45, 7) is 12.9. The zero-order valence-corrected chi connectivity index (χ0v) is 79.7. The van der Waals surface area contributed by atoms with Crippen molar-refractivity contribution in [3.05, 3.63) is 346 Å². The standard InChI is InChI=1S/C26H34N4O3.C24H25N3O2.C21H23N3O3.C19H20N4O2.C19H19N3O3.CH4/c1-26(2,17-29(3)4)18-30-23-12-9-20(11-14-25(31)28-32)16-22(23)27-24(30)13-10-19-7-6-8-21(15-19)33-5;1-2-27-22-14-10-17(11-15-24(28)26-29)16-21(22)25-23(27)9-5-7-19-13-12-18-6-3-4-8-20(18)19;1-2-24-19-12-10-16(11-13-21(25)23-26)15-18(19)22-20(24)9-6-14-27-17-7-4-3-5-8-17;1-23-17-9-7-14(8-10-18(24)22-25)12-16(17)21-19(23)15(20)11-13-5-3-2-4-6-13;1-25-15-4-2-3-13(11-15)6-9-18-20-16-8-5-14(12-17(16)21-18)7-10-19(23)22-24;/h6-9,11-12,14-16,32H,10,13,17-18H2,1-5H3,(H,28,31);3-4,6,8,10-11,13-16,29H,2,5,7,9,12H2,1H3,(H,26,28);3-5,7-8,10-13,15,26H,2,6,9,14H2,1H3,(H,23,25);2-10,12,15,25H,11,20H2,1H3,(H,22,24);2-5,7-8,10-12,24H,6,9H2,1H3,(H,20,21)(H,22,23);1H4/b14-11+;15-11+;13-11+;10-8+;10-7+;. The molecule has 5 amide bonds. The number of hydrogen-bond acceptors (Lipinski definition) is 20. The van der Waals surface area contributed by atoms with Gasteiger partial charge in [-0.2, -0.15) is 0 Å². The molecule has 0 saturated heterocycles. The topological polar surface area (TPSA) is 404 Å². The molecule has 13 N–H and O–H groups in total. The van der Waals surface area contributed by atoms with Crippen LogP contribution in [0.3, 0.4) is 0 Å². The van der Waals surface area contributed by atoms with Crippen LogP contribution in [0.2, 0.25) is 0 Å². The van der Waals surface area contributed by atoms with E-state index < -0.39 is 29.5 Å². The lowest BCUT2D eigenvalue weighted by Gasteiger charge is -2.29. The van der Waals surface area contributed by atoms with E-state index in [0.717, 1.165) is 220 Å². The molecule has 0 fully saturated rings. The molecule has 5 heterocycles. The number of H-pyrrole nitrogens is 1. The second-order valence-corrected chi connectivity index (χ2v) is 34.3. The van der Waals surface area contributed by atoms with Crippen molar-refractivity contribution in [2.75, 3.05) is 41.5 Å². The Morgan fingerprint density at radius 2 is 0.879 bits per heavy atom. The van der Waals surface area contributed by atoms with Gasteiger partial charge in [-0.25, -0.2) is 52.3 Å². The van der Waals surface area contributed by atoms with Crippen molar-refractivity contribution < 1.29 is 64.2 Å². The van der Waals surface area contributed by atoms with Crippen LogP contribution in [0.15, 0.2) is 261 Å². The zero-order chi connectivity index (χ0) is 98.7. The second kappa shape index (κ2) is 52.1. The molecule has 1 aliphatic rings. The molecule has 1 unspecified atom stereocenters. The molecule has 16 rings (SSSR count). The average Bonchev–Trinajstić information content (AvgIpc) is 1.70. The maximum atomic E-state index is 11.3. The molecule has 10 aromatic carbocycles. The fraction of sp³-hybridized carbons (Fsp3) is 0.255. The van der Waals surface area contributed by atoms with E-state index in [1.54, 1.807) is 72.0 Å². The monoisotopic (exact) mass is 1890 g/mol. The van der Waals surface area contributed by atoms with Gasteiger partial charge in [0.15, 0.2) is 0 Å². The van der Waals surface area contributed by atoms with Gasteiger partial charge >= 0.3 is 0 Å². The van der Waals surface area contributed by atoms with E-state index in [4.69, 9.17) is 60.9 Å². The lowest BCUT2D eigenvalue weighted by Crippen LogP contribution is -2.32. The number of amides is 5. The molecular weight excluding hydrogens is 1770 g/mol. The van der Waals surface area contributed by atoms with Crippen molar-refractivity contribution in [3.63, 3.8) is 0 Å². The number of hydrogen-bond donors (Lipinski definition) is 12. The highest BCUT2D eigenvalue weighted by Crippen LogP contribution is 2.34. The minimum atomic E-state index is -0.577. The number of nitrogens with two attached hydrogens (primary N) is 1. The number of aromatic nitrogens is 10. The maximum Gasteiger partial charge on any atom is 0.267 e. The number of hydroxylamine groups is 5. The van der Waals surface area contributed by atoms with E-state index >= 15 is 0 Å². The van der Waals surface area contributed by atoms with E-state index in [9.17, 15) is 24.0 Å². The van der Waals surface area contributed by atoms with Gasteiger partial charge in [-0.05, 0) is 267 Å². The number of allylic oxidation sites excluding steroid dienone is 2. The van der Waals surface area contributed by atoms with Crippen LogP contribution in [0, 0.1) is 5.41 Å². The molecule has 0 aliphatic heterocycles. The van der Waals surface area contributed by atoms with Crippen LogP contribution in [0.5, 0.6) is 17.2 Å². The lowest BCUT2D eigenvalue weighted by atomic mass is 9.92. The summed E-state index contributed by atoms with van der Waals surface area (Å²) in [6.07, 6.45) is 26.8. The average molecular weight is 1890 g/mol. The zero-order valence-electron chi connectivity index (χ0n) is 79.7. The quantitative estimate of drug-likeness (QED) is 0.00751. The van der Waals surface area contributed by atoms with Crippen molar-refractivity contribution in [2.24, 2.45) is 18.2 Å². The highest BCUT2D eigenvalue weighted by Gasteiger charge is 2.25. The van der Waals surface area contributed by atoms with E-state index in [1.165, 1.54) is 63.8 Å². The molecule has 1 aliphatic carbocycles. The number of para-hydroxylation sites is 1. The third-order valence-electron chi connectivity index (χ3n) is 23.2. The Labute approximate surface area is 814 Å². The van der Waals surface area contributed by atoms with Crippen molar-refractivity contribution in [2.45, 2.75) is 131 Å². The van der Waals surface area contributed by atoms with Crippen molar-refractivity contribution >= 4 is 121 Å². The van der Waals surface area contributed by atoms with Crippen LogP contribution in [-0.4, -0.2) is 150 Å². The van der Waals surface area contributed by atoms with Crippen molar-refractivity contribution in [3.8, 4) is 17.2 Å². The van der Waals surface area contributed by atoms with E-state index in [1.807, 2.05) is 175 Å². The number of carbonyl (C=O) groups is 5. The van der Waals surface area contributed by atoms with Gasteiger partial charge in [0, 0.05) is 89.3 Å². The number of ether oxygens (including phenoxy) is 3. The summed E-state index contributed by atoms with van der Waals surface area (Å²) in [5.74, 6) is 4.66. The fourth-order valence-corrected chi connectivity index (χ4v) is 16.8. The van der Waals surface area contributed by atoms with Crippen LogP contribution in [0.1, 0.15) is 145 Å². The minimum Gasteiger partial charge on any atom is -0.497 e. The number of methoxy groups -OCH3 is 2. The number of rotatable bonds is 36. The summed E-state index contributed by atoms with van der Waals surface area (Å²) in [4.78, 5) is 85.2. The summed E-state index contributed by atoms with van der Waals surface area (Å²) >= 11 is 0. The lowest BCUT2D eigenvalue weighted by molar-refractivity contribution is -0.124. The van der Waals surface area contributed by atoms with Crippen LogP contribution >= 0.6 is 0 Å². The van der Waals surface area contributed by atoms with Gasteiger partial charge in [0.2, 0.25) is 0 Å². The van der Waals surface area contributed by atoms with E-state index in [0.29, 0.717) is 13.0 Å². The first-order chi connectivity index (χ1) is 67.4. The molecule has 0 spiro atoms. The third kappa shape index (κ3) is 30.0. The van der Waals surface area contributed by atoms with Gasteiger partial charge < -0.3 is 48.1 Å². The number of aryl methyl sites for hydroxylation is 9. The number of carbonyl (C=O) groups excluding carboxylic acids is 5. The number of imidazole rings is 5. The number of fused-ring (bicyclic) bond motifs is 6. The highest BCUT2D eigenvalue weighted by molar-refractivity contribution is 5.95. The Bertz CT molecular complexity index is 6900. The predicted octanol–water partition coefficient (Wildman–Crippen LogP) is 17.9. The Morgan fingerprint density at radius 3 is 1.36 bits per heavy atom. The highest BCUT2D eigenvalue weighted by atomic mass is 16.5. The molecule has 140 heavy (non-hydrogen) atoms. The third-order valence-corrected chi connectivity index (χ3v) is 23.2. The SMILES string of the molecule is C.CCn1c(CCCC2=CCc3ccccc32)nc2cc(/C=C/C(=O)NO)ccc21.CCn1c(CCCOc2ccccc2)nc2cc(/C=C/C(=O)NO)ccc21.COc1cccc(CCc2nc3cc(/C=C/C(=O)NO)ccc3n2CC(C)(C)CN(C)C)c1.COc1cccc(CCc2nc3ccc(/C=C/C(=O)NO)cc3[nH]2)c1.Cn1c(C(N)Cc2ccccc2)nc2cc(/C=C/C(=O)NO)ccc21. The van der Waals surface area contributed by atoms with Gasteiger partial charge in [0.1, 0.15) is 46.4 Å². The molecular formula is C110H125N17O13. The molecule has 728 valence electrons. The van der Waals surface area contributed by atoms with Gasteiger partial charge in [-0.3, -0.25) is 50.0 Å². The van der Waals surface area contributed by atoms with Gasteiger partial charge in [0.25, 0.3) is 29.5 Å². The molecule has 1 atom stereocenters. The number of aromatic amines is 1. The number of benzene rings is 10. The van der Waals surface area contributed by atoms with Gasteiger partial charge in [-0.1, -0.05) is 155 Å². The Balaban J connectivity index is 0.000000168. The van der Waals surface area contributed by atoms with Gasteiger partial charge in [-0.15, -0.1) is 0 Å². The Hall–Kier alpha value is -15.5. The molecule has 0 saturated carbocycles. The first-order valence-electron chi connectivity index (χ1n) is 46.1. The Kier molecular flexibility index (Phi) is 39.1. The second-order valence-electron chi connectivity index (χ2n) is 34.3. The molecule has 30 nitrogen and oxygen atoms in total. The minimum absolute atomic E-state index is 0. The smallest absolute Gasteiger partial charge is 0.267 e. The first-order valence-corrected chi connectivity index (χ1v) is 46.1. The molecule has 5 aromatic heterocycles. The summed E-state index contributed by atoms with van der Waals surface area (Å²) in [5, 5.41) is 42.9. The van der Waals surface area contributed by atoms with E-state index in [-0.39, 0.29) is 18.9 Å². The van der Waals surface area contributed by atoms with Crippen LogP contribution < -0.4 is 47.3 Å². The normalized spacial score (nSPS) is 12.0. The summed E-state index contributed by atoms with van der Waals surface area (Å²) < 4.78 is 25.2. The molecule has 15 aromatic rings. The Morgan fingerprint density at radius 1 is 0.457 bits per heavy atom. The molecule has 30 heteroatoms. The summed E-state index contributed by atoms with van der Waals surface area (Å²) in [6, 6.07) is 73.7. The fourth-order valence-electron chi connectivity index (χ4n) is 16.8.